The zero-order valence-corrected chi connectivity index (χ0v) is 10.3. The maximum absolute atomic E-state index is 2.26. The van der Waals surface area contributed by atoms with Crippen LogP contribution in [0.1, 0.15) is 25.3 Å². The van der Waals surface area contributed by atoms with Crippen molar-refractivity contribution in [2.75, 3.05) is 0 Å². The Hall–Kier alpha value is -1.34. The standard InChI is InChI=1S/C15H14S/c1-10(2)11-7-5-8-13-12-6-3-4-9-14(12)16-15(11)13/h3-10H,1-2H3. The highest BCUT2D eigenvalue weighted by Gasteiger charge is 2.09. The molecule has 0 bridgehead atoms. The fourth-order valence-corrected chi connectivity index (χ4v) is 3.59. The van der Waals surface area contributed by atoms with Crippen LogP contribution < -0.4 is 0 Å². The second-order valence-electron chi connectivity index (χ2n) is 4.48. The van der Waals surface area contributed by atoms with Crippen molar-refractivity contribution >= 4 is 31.5 Å². The molecule has 80 valence electrons. The van der Waals surface area contributed by atoms with E-state index in [1.165, 1.54) is 25.7 Å². The Morgan fingerprint density at radius 3 is 2.44 bits per heavy atom. The second-order valence-corrected chi connectivity index (χ2v) is 5.53. The molecule has 3 aromatic rings. The molecule has 0 saturated heterocycles. The Kier molecular flexibility index (Phi) is 2.22. The summed E-state index contributed by atoms with van der Waals surface area (Å²) in [6, 6.07) is 15.3. The lowest BCUT2D eigenvalue weighted by atomic mass is 10.0. The van der Waals surface area contributed by atoms with Crippen molar-refractivity contribution in [3.05, 3.63) is 48.0 Å². The van der Waals surface area contributed by atoms with Gasteiger partial charge in [-0.2, -0.15) is 0 Å². The largest absolute Gasteiger partial charge is 0.135 e. The molecule has 0 N–H and O–H groups in total. The van der Waals surface area contributed by atoms with Crippen molar-refractivity contribution in [2.24, 2.45) is 0 Å². The highest BCUT2D eigenvalue weighted by molar-refractivity contribution is 7.26. The van der Waals surface area contributed by atoms with E-state index in [9.17, 15) is 0 Å². The maximum atomic E-state index is 2.26. The van der Waals surface area contributed by atoms with E-state index in [0.717, 1.165) is 0 Å². The molecule has 0 aliphatic carbocycles. The van der Waals surface area contributed by atoms with Gasteiger partial charge in [-0.05, 0) is 17.5 Å². The van der Waals surface area contributed by atoms with Crippen molar-refractivity contribution in [2.45, 2.75) is 19.8 Å². The molecule has 1 heteroatoms. The van der Waals surface area contributed by atoms with E-state index in [2.05, 4.69) is 56.3 Å². The average Bonchev–Trinajstić information content (AvgIpc) is 2.67. The zero-order chi connectivity index (χ0) is 11.1. The Balaban J connectivity index is 2.49. The van der Waals surface area contributed by atoms with Gasteiger partial charge >= 0.3 is 0 Å². The summed E-state index contributed by atoms with van der Waals surface area (Å²) in [5, 5.41) is 2.80. The van der Waals surface area contributed by atoms with E-state index >= 15 is 0 Å². The number of rotatable bonds is 1. The van der Waals surface area contributed by atoms with Crippen molar-refractivity contribution in [1.82, 2.24) is 0 Å². The van der Waals surface area contributed by atoms with Crippen molar-refractivity contribution in [3.63, 3.8) is 0 Å². The smallest absolute Gasteiger partial charge is 0.0390 e. The topological polar surface area (TPSA) is 0 Å². The molecule has 0 nitrogen and oxygen atoms in total. The van der Waals surface area contributed by atoms with E-state index in [-0.39, 0.29) is 0 Å². The highest BCUT2D eigenvalue weighted by atomic mass is 32.1. The van der Waals surface area contributed by atoms with Crippen LogP contribution in [0, 0.1) is 0 Å². The molecule has 0 radical (unpaired) electrons. The summed E-state index contributed by atoms with van der Waals surface area (Å²) in [7, 11) is 0. The van der Waals surface area contributed by atoms with E-state index in [0.29, 0.717) is 5.92 Å². The third kappa shape index (κ3) is 1.35. The SMILES string of the molecule is CC(C)c1cccc2c1sc1ccccc12. The first-order chi connectivity index (χ1) is 7.77. The van der Waals surface area contributed by atoms with Gasteiger partial charge < -0.3 is 0 Å². The summed E-state index contributed by atoms with van der Waals surface area (Å²) in [6.07, 6.45) is 0. The molecular formula is C15H14S. The van der Waals surface area contributed by atoms with Crippen LogP contribution in [-0.2, 0) is 0 Å². The predicted molar refractivity (Wildman–Crippen MR) is 73.4 cm³/mol. The van der Waals surface area contributed by atoms with Gasteiger partial charge in [0, 0.05) is 20.2 Å². The number of fused-ring (bicyclic) bond motifs is 3. The molecule has 2 aromatic carbocycles. The third-order valence-corrected chi connectivity index (χ3v) is 4.29. The minimum absolute atomic E-state index is 0.594. The van der Waals surface area contributed by atoms with Crippen LogP contribution in [0.3, 0.4) is 0 Å². The summed E-state index contributed by atoms with van der Waals surface area (Å²) < 4.78 is 2.85. The van der Waals surface area contributed by atoms with E-state index in [1.54, 1.807) is 0 Å². The van der Waals surface area contributed by atoms with E-state index in [1.807, 2.05) is 11.3 Å². The Morgan fingerprint density at radius 2 is 1.62 bits per heavy atom. The van der Waals surface area contributed by atoms with Gasteiger partial charge in [-0.25, -0.2) is 0 Å². The molecule has 0 unspecified atom stereocenters. The predicted octanol–water partition coefficient (Wildman–Crippen LogP) is 5.18. The maximum Gasteiger partial charge on any atom is 0.0390 e. The van der Waals surface area contributed by atoms with Crippen LogP contribution in [0.25, 0.3) is 20.2 Å². The first-order valence-corrected chi connectivity index (χ1v) is 6.49. The molecule has 1 heterocycles. The lowest BCUT2D eigenvalue weighted by Crippen LogP contribution is -1.85. The van der Waals surface area contributed by atoms with Gasteiger partial charge in [0.05, 0.1) is 0 Å². The highest BCUT2D eigenvalue weighted by Crippen LogP contribution is 2.37. The van der Waals surface area contributed by atoms with Gasteiger partial charge in [0.25, 0.3) is 0 Å². The minimum atomic E-state index is 0.594. The Morgan fingerprint density at radius 1 is 0.875 bits per heavy atom. The number of thiophene rings is 1. The summed E-state index contributed by atoms with van der Waals surface area (Å²) in [5.74, 6) is 0.594. The minimum Gasteiger partial charge on any atom is -0.135 e. The van der Waals surface area contributed by atoms with Gasteiger partial charge in [-0.15, -0.1) is 11.3 Å². The van der Waals surface area contributed by atoms with Gasteiger partial charge in [0.2, 0.25) is 0 Å². The average molecular weight is 226 g/mol. The molecule has 0 fully saturated rings. The number of hydrogen-bond donors (Lipinski definition) is 0. The fourth-order valence-electron chi connectivity index (χ4n) is 2.22. The molecule has 16 heavy (non-hydrogen) atoms. The Bertz CT molecular complexity index is 647. The summed E-state index contributed by atoms with van der Waals surface area (Å²) in [6.45, 7) is 4.53. The van der Waals surface area contributed by atoms with Crippen molar-refractivity contribution in [3.8, 4) is 0 Å². The monoisotopic (exact) mass is 226 g/mol. The molecule has 0 spiro atoms. The van der Waals surface area contributed by atoms with Crippen molar-refractivity contribution in [1.29, 1.82) is 0 Å². The first-order valence-electron chi connectivity index (χ1n) is 5.67. The molecule has 0 saturated carbocycles. The quantitative estimate of drug-likeness (QED) is 0.536. The molecule has 0 aliphatic rings. The molecule has 1 aromatic heterocycles. The second kappa shape index (κ2) is 3.60. The van der Waals surface area contributed by atoms with Crippen LogP contribution in [0.5, 0.6) is 0 Å². The van der Waals surface area contributed by atoms with E-state index in [4.69, 9.17) is 0 Å². The molecular weight excluding hydrogens is 212 g/mol. The van der Waals surface area contributed by atoms with Crippen molar-refractivity contribution < 1.29 is 0 Å². The van der Waals surface area contributed by atoms with Crippen LogP contribution in [-0.4, -0.2) is 0 Å². The molecule has 0 amide bonds. The molecule has 0 aliphatic heterocycles. The summed E-state index contributed by atoms with van der Waals surface area (Å²) >= 11 is 1.92. The Labute approximate surface area is 99.5 Å². The molecule has 0 atom stereocenters. The van der Waals surface area contributed by atoms with Gasteiger partial charge in [-0.3, -0.25) is 0 Å². The van der Waals surface area contributed by atoms with Crippen LogP contribution in [0.4, 0.5) is 0 Å². The third-order valence-electron chi connectivity index (χ3n) is 3.06. The van der Waals surface area contributed by atoms with Gasteiger partial charge in [0.1, 0.15) is 0 Å². The normalized spacial score (nSPS) is 11.7. The lowest BCUT2D eigenvalue weighted by Gasteiger charge is -2.05. The fraction of sp³-hybridized carbons (Fsp3) is 0.200. The van der Waals surface area contributed by atoms with E-state index < -0.39 is 0 Å². The van der Waals surface area contributed by atoms with Gasteiger partial charge in [-0.1, -0.05) is 50.2 Å². The first kappa shape index (κ1) is 9.86. The zero-order valence-electron chi connectivity index (χ0n) is 9.53. The van der Waals surface area contributed by atoms with Gasteiger partial charge in [0.15, 0.2) is 0 Å². The summed E-state index contributed by atoms with van der Waals surface area (Å²) in [4.78, 5) is 0. The van der Waals surface area contributed by atoms with Crippen LogP contribution >= 0.6 is 11.3 Å². The van der Waals surface area contributed by atoms with Crippen LogP contribution in [0.2, 0.25) is 0 Å². The summed E-state index contributed by atoms with van der Waals surface area (Å²) in [5.41, 5.74) is 1.47. The number of hydrogen-bond acceptors (Lipinski definition) is 1. The van der Waals surface area contributed by atoms with Crippen LogP contribution in [0.15, 0.2) is 42.5 Å². The molecule has 3 rings (SSSR count). The lowest BCUT2D eigenvalue weighted by molar-refractivity contribution is 0.878. The number of benzene rings is 2.